The first-order valence-electron chi connectivity index (χ1n) is 11.4. The van der Waals surface area contributed by atoms with Crippen molar-refractivity contribution in [3.63, 3.8) is 0 Å². The zero-order chi connectivity index (χ0) is 23.8. The lowest BCUT2D eigenvalue weighted by Gasteiger charge is -2.36. The van der Waals surface area contributed by atoms with Crippen LogP contribution >= 0.6 is 0 Å². The molecule has 2 bridgehead atoms. The molecule has 3 heterocycles. The number of nitrogens with one attached hydrogen (secondary N) is 2. The zero-order valence-corrected chi connectivity index (χ0v) is 18.6. The quantitative estimate of drug-likeness (QED) is 0.334. The molecule has 0 radical (unpaired) electrons. The summed E-state index contributed by atoms with van der Waals surface area (Å²) < 4.78 is 5.63. The molecule has 3 amide bonds. The number of carbonyl (C=O) groups excluding carboxylic acids is 4. The van der Waals surface area contributed by atoms with Crippen LogP contribution in [0.1, 0.15) is 37.7 Å². The number of hydrogen-bond donors (Lipinski definition) is 4. The van der Waals surface area contributed by atoms with Crippen LogP contribution in [0.25, 0.3) is 0 Å². The van der Waals surface area contributed by atoms with Crippen molar-refractivity contribution in [3.8, 4) is 5.75 Å². The minimum absolute atomic E-state index is 0.0588. The van der Waals surface area contributed by atoms with Crippen molar-refractivity contribution >= 4 is 24.0 Å². The average Bonchev–Trinajstić information content (AvgIpc) is 2.81. The Hall–Kier alpha value is -2.98. The van der Waals surface area contributed by atoms with E-state index in [1.807, 2.05) is 17.0 Å². The first kappa shape index (κ1) is 24.7. The molecule has 0 saturated carbocycles. The molecule has 1 fully saturated rings. The Labute approximate surface area is 192 Å². The molecule has 1 aromatic rings. The van der Waals surface area contributed by atoms with E-state index in [1.54, 1.807) is 12.1 Å². The van der Waals surface area contributed by atoms with Crippen LogP contribution in [0.4, 0.5) is 0 Å². The fourth-order valence-electron chi connectivity index (χ4n) is 4.21. The molecule has 4 rings (SSSR count). The molecule has 10 nitrogen and oxygen atoms in total. The van der Waals surface area contributed by atoms with E-state index in [4.69, 9.17) is 10.5 Å². The van der Waals surface area contributed by atoms with E-state index in [2.05, 4.69) is 10.6 Å². The maximum atomic E-state index is 12.9. The van der Waals surface area contributed by atoms with Crippen molar-refractivity contribution in [1.29, 1.82) is 0 Å². The third-order valence-corrected chi connectivity index (χ3v) is 6.08. The number of carbonyl (C=O) groups is 4. The summed E-state index contributed by atoms with van der Waals surface area (Å²) in [5, 5.41) is 16.1. The Morgan fingerprint density at radius 1 is 1.21 bits per heavy atom. The highest BCUT2D eigenvalue weighted by Gasteiger charge is 2.32. The van der Waals surface area contributed by atoms with Crippen molar-refractivity contribution in [2.24, 2.45) is 5.73 Å². The second-order valence-corrected chi connectivity index (χ2v) is 8.58. The molecule has 0 aromatic heterocycles. The van der Waals surface area contributed by atoms with Crippen LogP contribution < -0.4 is 21.1 Å². The number of hydrogen-bond acceptors (Lipinski definition) is 7. The molecule has 3 aliphatic heterocycles. The molecule has 3 unspecified atom stereocenters. The molecular weight excluding hydrogens is 428 g/mol. The molecule has 1 aromatic carbocycles. The van der Waals surface area contributed by atoms with Crippen LogP contribution in [-0.2, 0) is 25.6 Å². The van der Waals surface area contributed by atoms with Crippen LogP contribution in [0.5, 0.6) is 5.75 Å². The van der Waals surface area contributed by atoms with Crippen molar-refractivity contribution < 1.29 is 29.0 Å². The summed E-state index contributed by atoms with van der Waals surface area (Å²) in [6.45, 7) is 1.16. The van der Waals surface area contributed by atoms with Gasteiger partial charge in [0.2, 0.25) is 11.8 Å². The Kier molecular flexibility index (Phi) is 8.79. The first-order valence-corrected chi connectivity index (χ1v) is 11.4. The minimum Gasteiger partial charge on any atom is -0.494 e. The Morgan fingerprint density at radius 3 is 2.67 bits per heavy atom. The van der Waals surface area contributed by atoms with Gasteiger partial charge in [-0.2, -0.15) is 0 Å². The number of primary amides is 1. The van der Waals surface area contributed by atoms with Gasteiger partial charge in [0, 0.05) is 13.0 Å². The third-order valence-electron chi connectivity index (χ3n) is 6.08. The predicted molar refractivity (Wildman–Crippen MR) is 119 cm³/mol. The molecule has 1 saturated heterocycles. The van der Waals surface area contributed by atoms with Gasteiger partial charge in [-0.25, -0.2) is 0 Å². The topological polar surface area (TPSA) is 151 Å². The second-order valence-electron chi connectivity index (χ2n) is 8.58. The summed E-state index contributed by atoms with van der Waals surface area (Å²) in [6, 6.07) is 4.65. The van der Waals surface area contributed by atoms with Crippen molar-refractivity contribution in [2.45, 2.75) is 62.8 Å². The van der Waals surface area contributed by atoms with E-state index < -0.39 is 35.9 Å². The number of benzene rings is 1. The molecule has 5 N–H and O–H groups in total. The predicted octanol–water partition coefficient (Wildman–Crippen LogP) is -0.729. The normalized spacial score (nSPS) is 26.2. The second kappa shape index (κ2) is 11.8. The van der Waals surface area contributed by atoms with Gasteiger partial charge in [-0.3, -0.25) is 19.3 Å². The highest BCUT2D eigenvalue weighted by molar-refractivity contribution is 6.06. The highest BCUT2D eigenvalue weighted by atomic mass is 16.5. The molecule has 33 heavy (non-hydrogen) atoms. The highest BCUT2D eigenvalue weighted by Crippen LogP contribution is 2.19. The molecule has 10 heteroatoms. The molecular formula is C23H32N4O6. The van der Waals surface area contributed by atoms with E-state index in [-0.39, 0.29) is 25.4 Å². The number of rotatable bonds is 5. The number of piperidine rings is 1. The smallest absolute Gasteiger partial charge is 0.252 e. The number of nitrogens with zero attached hydrogens (tertiary/aromatic N) is 1. The van der Waals surface area contributed by atoms with E-state index in [0.717, 1.165) is 31.1 Å². The molecule has 0 aliphatic carbocycles. The SMILES string of the molecule is NC(=O)C1NC(=O)CCCOc2ccc(cc2)C[C@@H](C(O)CN2CCCCC2C=O)NC1=O. The van der Waals surface area contributed by atoms with Crippen molar-refractivity contribution in [3.05, 3.63) is 29.8 Å². The fourth-order valence-corrected chi connectivity index (χ4v) is 4.21. The van der Waals surface area contributed by atoms with Gasteiger partial charge in [0.15, 0.2) is 6.04 Å². The standard InChI is InChI=1S/C23H32N4O6/c24-22(31)21-23(32)25-18(19(29)13-27-10-2-1-4-16(27)14-28)12-15-6-8-17(9-7-15)33-11-3-5-20(30)26-21/h6-9,14,16,18-19,21,29H,1-5,10-13H2,(H2,24,31)(H,25,32)(H,26,30)/t16?,18-,19?,21?/m0/s1. The van der Waals surface area contributed by atoms with Crippen LogP contribution in [0.3, 0.4) is 0 Å². The zero-order valence-electron chi connectivity index (χ0n) is 18.6. The van der Waals surface area contributed by atoms with Crippen LogP contribution in [0, 0.1) is 0 Å². The van der Waals surface area contributed by atoms with E-state index in [1.165, 1.54) is 0 Å². The van der Waals surface area contributed by atoms with Gasteiger partial charge >= 0.3 is 0 Å². The monoisotopic (exact) mass is 460 g/mol. The number of ether oxygens (including phenoxy) is 1. The lowest BCUT2D eigenvalue weighted by Crippen LogP contribution is -2.59. The number of aliphatic hydroxyl groups excluding tert-OH is 1. The van der Waals surface area contributed by atoms with Gasteiger partial charge in [0.1, 0.15) is 12.0 Å². The summed E-state index contributed by atoms with van der Waals surface area (Å²) in [5.74, 6) is -1.63. The van der Waals surface area contributed by atoms with Gasteiger partial charge < -0.3 is 31.0 Å². The molecule has 180 valence electrons. The third kappa shape index (κ3) is 7.00. The van der Waals surface area contributed by atoms with Gasteiger partial charge in [-0.15, -0.1) is 0 Å². The van der Waals surface area contributed by atoms with E-state index >= 15 is 0 Å². The Balaban J connectivity index is 1.82. The number of β-amino-alcohol motifs (C(OH)–C–C–N with tert-alkyl or cyclic N) is 1. The van der Waals surface area contributed by atoms with E-state index in [0.29, 0.717) is 25.3 Å². The minimum atomic E-state index is -1.56. The number of likely N-dealkylation sites (tertiary alicyclic amines) is 1. The lowest BCUT2D eigenvalue weighted by molar-refractivity contribution is -0.136. The number of nitrogens with two attached hydrogens (primary N) is 1. The summed E-state index contributed by atoms with van der Waals surface area (Å²) >= 11 is 0. The van der Waals surface area contributed by atoms with Gasteiger partial charge in [0.05, 0.1) is 24.8 Å². The summed E-state index contributed by atoms with van der Waals surface area (Å²) in [6.07, 6.45) is 3.19. The summed E-state index contributed by atoms with van der Waals surface area (Å²) in [7, 11) is 0. The fraction of sp³-hybridized carbons (Fsp3) is 0.565. The van der Waals surface area contributed by atoms with Crippen molar-refractivity contribution in [2.75, 3.05) is 19.7 Å². The van der Waals surface area contributed by atoms with Gasteiger partial charge in [-0.1, -0.05) is 18.6 Å². The number of amides is 3. The average molecular weight is 461 g/mol. The summed E-state index contributed by atoms with van der Waals surface area (Å²) in [4.78, 5) is 50.3. The molecule has 0 spiro atoms. The van der Waals surface area contributed by atoms with Crippen LogP contribution in [0.15, 0.2) is 24.3 Å². The Morgan fingerprint density at radius 2 is 1.97 bits per heavy atom. The summed E-state index contributed by atoms with van der Waals surface area (Å²) in [5.41, 5.74) is 6.21. The van der Waals surface area contributed by atoms with Gasteiger partial charge in [-0.05, 0) is 49.9 Å². The van der Waals surface area contributed by atoms with E-state index in [9.17, 15) is 24.3 Å². The number of aliphatic hydroxyl groups is 1. The lowest BCUT2D eigenvalue weighted by atomic mass is 9.97. The van der Waals surface area contributed by atoms with Crippen LogP contribution in [0.2, 0.25) is 0 Å². The van der Waals surface area contributed by atoms with Crippen molar-refractivity contribution in [1.82, 2.24) is 15.5 Å². The largest absolute Gasteiger partial charge is 0.494 e. The Bertz CT molecular complexity index is 846. The first-order chi connectivity index (χ1) is 15.9. The molecule has 3 aliphatic rings. The maximum absolute atomic E-state index is 12.9. The maximum Gasteiger partial charge on any atom is 0.252 e. The van der Waals surface area contributed by atoms with Crippen LogP contribution in [-0.4, -0.2) is 77.9 Å². The molecule has 4 atom stereocenters. The van der Waals surface area contributed by atoms with Gasteiger partial charge in [0.25, 0.3) is 5.91 Å². The number of aldehydes is 1. The number of fused-ring (bicyclic) bond motifs is 12.